The van der Waals surface area contributed by atoms with Crippen LogP contribution in [-0.4, -0.2) is 34.0 Å². The van der Waals surface area contributed by atoms with E-state index < -0.39 is 6.04 Å². The average Bonchev–Trinajstić information content (AvgIpc) is 3.20. The number of carbonyl (C=O) groups excluding carboxylic acids is 2. The summed E-state index contributed by atoms with van der Waals surface area (Å²) in [5.74, 6) is 0.954. The van der Waals surface area contributed by atoms with Crippen LogP contribution in [0.4, 0.5) is 0 Å². The molecule has 1 aromatic rings. The van der Waals surface area contributed by atoms with Crippen molar-refractivity contribution < 1.29 is 14.1 Å². The summed E-state index contributed by atoms with van der Waals surface area (Å²) in [6.45, 7) is 5.82. The summed E-state index contributed by atoms with van der Waals surface area (Å²) in [5.41, 5.74) is 1.67. The van der Waals surface area contributed by atoms with Crippen LogP contribution >= 0.6 is 0 Å². The Morgan fingerprint density at radius 3 is 2.60 bits per heavy atom. The molecule has 0 aromatic carbocycles. The van der Waals surface area contributed by atoms with E-state index in [9.17, 15) is 9.59 Å². The summed E-state index contributed by atoms with van der Waals surface area (Å²) in [6, 6.07) is -0.801. The van der Waals surface area contributed by atoms with E-state index in [1.807, 2.05) is 13.8 Å². The average molecular weight is 277 g/mol. The highest BCUT2D eigenvalue weighted by Crippen LogP contribution is 2.35. The molecule has 2 fully saturated rings. The molecule has 1 aliphatic heterocycles. The van der Waals surface area contributed by atoms with Crippen molar-refractivity contribution in [1.82, 2.24) is 15.4 Å². The maximum atomic E-state index is 12.6. The summed E-state index contributed by atoms with van der Waals surface area (Å²) < 4.78 is 5.13. The second-order valence-corrected chi connectivity index (χ2v) is 5.77. The Balaban J connectivity index is 1.85. The zero-order chi connectivity index (χ0) is 14.4. The molecule has 1 saturated heterocycles. The van der Waals surface area contributed by atoms with Gasteiger partial charge >= 0.3 is 0 Å². The molecule has 108 valence electrons. The molecule has 1 saturated carbocycles. The number of hydrogen-bond donors (Lipinski definition) is 1. The third-order valence-electron chi connectivity index (χ3n) is 4.30. The topological polar surface area (TPSA) is 75.4 Å². The zero-order valence-electron chi connectivity index (χ0n) is 12.0. The van der Waals surface area contributed by atoms with Gasteiger partial charge in [0.25, 0.3) is 0 Å². The molecule has 6 heteroatoms. The van der Waals surface area contributed by atoms with Crippen molar-refractivity contribution in [2.45, 2.75) is 52.2 Å². The van der Waals surface area contributed by atoms with Crippen LogP contribution in [-0.2, 0) is 16.1 Å². The monoisotopic (exact) mass is 277 g/mol. The molecule has 2 atom stereocenters. The number of aromatic nitrogens is 1. The SMILES string of the molecule is Cc1noc(C)c1CN1C(=O)C(C2CC2)NC(=O)C1C. The smallest absolute Gasteiger partial charge is 0.246 e. The van der Waals surface area contributed by atoms with Gasteiger partial charge in [0, 0.05) is 5.56 Å². The predicted octanol–water partition coefficient (Wildman–Crippen LogP) is 0.917. The van der Waals surface area contributed by atoms with Gasteiger partial charge < -0.3 is 14.7 Å². The molecule has 0 radical (unpaired) electrons. The first-order valence-electron chi connectivity index (χ1n) is 7.01. The Morgan fingerprint density at radius 1 is 1.35 bits per heavy atom. The van der Waals surface area contributed by atoms with Gasteiger partial charge in [-0.15, -0.1) is 0 Å². The lowest BCUT2D eigenvalue weighted by atomic mass is 10.0. The normalized spacial score (nSPS) is 26.9. The van der Waals surface area contributed by atoms with Crippen molar-refractivity contribution in [2.24, 2.45) is 5.92 Å². The van der Waals surface area contributed by atoms with Crippen molar-refractivity contribution in [2.75, 3.05) is 0 Å². The first-order valence-corrected chi connectivity index (χ1v) is 7.01. The van der Waals surface area contributed by atoms with E-state index >= 15 is 0 Å². The number of hydrogen-bond acceptors (Lipinski definition) is 4. The molecular weight excluding hydrogens is 258 g/mol. The summed E-state index contributed by atoms with van der Waals surface area (Å²) in [6.07, 6.45) is 2.04. The molecular formula is C14H19N3O3. The van der Waals surface area contributed by atoms with E-state index in [0.717, 1.165) is 24.1 Å². The van der Waals surface area contributed by atoms with Crippen LogP contribution in [0.3, 0.4) is 0 Å². The quantitative estimate of drug-likeness (QED) is 0.891. The van der Waals surface area contributed by atoms with Gasteiger partial charge in [0.2, 0.25) is 11.8 Å². The summed E-state index contributed by atoms with van der Waals surface area (Å²) in [7, 11) is 0. The van der Waals surface area contributed by atoms with Gasteiger partial charge in [-0.05, 0) is 39.5 Å². The van der Waals surface area contributed by atoms with Gasteiger partial charge in [0.05, 0.1) is 12.2 Å². The maximum absolute atomic E-state index is 12.6. The Bertz CT molecular complexity index is 543. The van der Waals surface area contributed by atoms with Gasteiger partial charge in [-0.25, -0.2) is 0 Å². The second-order valence-electron chi connectivity index (χ2n) is 5.77. The van der Waals surface area contributed by atoms with E-state index in [-0.39, 0.29) is 17.9 Å². The van der Waals surface area contributed by atoms with E-state index in [2.05, 4.69) is 10.5 Å². The lowest BCUT2D eigenvalue weighted by Gasteiger charge is -2.37. The molecule has 2 unspecified atom stereocenters. The lowest BCUT2D eigenvalue weighted by Crippen LogP contribution is -2.62. The predicted molar refractivity (Wildman–Crippen MR) is 70.6 cm³/mol. The van der Waals surface area contributed by atoms with E-state index in [0.29, 0.717) is 18.2 Å². The Labute approximate surface area is 117 Å². The molecule has 0 bridgehead atoms. The number of nitrogens with zero attached hydrogens (tertiary/aromatic N) is 2. The second kappa shape index (κ2) is 4.61. The highest BCUT2D eigenvalue weighted by Gasteiger charge is 2.45. The van der Waals surface area contributed by atoms with Gasteiger partial charge in [0.15, 0.2) is 0 Å². The van der Waals surface area contributed by atoms with Crippen LogP contribution in [0.1, 0.15) is 36.8 Å². The standard InChI is InChI=1S/C14H19N3O3/c1-7-11(9(3)20-16-7)6-17-8(2)13(18)15-12(14(17)19)10-4-5-10/h8,10,12H,4-6H2,1-3H3,(H,15,18). The van der Waals surface area contributed by atoms with Crippen LogP contribution in [0.5, 0.6) is 0 Å². The van der Waals surface area contributed by atoms with E-state index in [4.69, 9.17) is 4.52 Å². The van der Waals surface area contributed by atoms with Crippen molar-refractivity contribution in [3.05, 3.63) is 17.0 Å². The highest BCUT2D eigenvalue weighted by molar-refractivity contribution is 5.97. The third-order valence-corrected chi connectivity index (χ3v) is 4.30. The number of carbonyl (C=O) groups is 2. The van der Waals surface area contributed by atoms with Crippen LogP contribution in [0.25, 0.3) is 0 Å². The lowest BCUT2D eigenvalue weighted by molar-refractivity contribution is -0.149. The van der Waals surface area contributed by atoms with E-state index in [1.54, 1.807) is 11.8 Å². The Kier molecular flexibility index (Phi) is 3.03. The minimum atomic E-state index is -0.453. The summed E-state index contributed by atoms with van der Waals surface area (Å²) in [4.78, 5) is 26.3. The third kappa shape index (κ3) is 2.09. The van der Waals surface area contributed by atoms with E-state index in [1.165, 1.54) is 0 Å². The summed E-state index contributed by atoms with van der Waals surface area (Å²) >= 11 is 0. The fraction of sp³-hybridized carbons (Fsp3) is 0.643. The molecule has 3 rings (SSSR count). The minimum absolute atomic E-state index is 0.0135. The zero-order valence-corrected chi connectivity index (χ0v) is 12.0. The molecule has 2 aliphatic rings. The van der Waals surface area contributed by atoms with Crippen LogP contribution < -0.4 is 5.32 Å². The molecule has 1 aliphatic carbocycles. The first-order chi connectivity index (χ1) is 9.49. The molecule has 2 amide bonds. The van der Waals surface area contributed by atoms with Gasteiger partial charge in [-0.1, -0.05) is 5.16 Å². The van der Waals surface area contributed by atoms with Crippen molar-refractivity contribution >= 4 is 11.8 Å². The molecule has 20 heavy (non-hydrogen) atoms. The minimum Gasteiger partial charge on any atom is -0.361 e. The number of amides is 2. The molecule has 6 nitrogen and oxygen atoms in total. The highest BCUT2D eigenvalue weighted by atomic mass is 16.5. The first kappa shape index (κ1) is 13.1. The van der Waals surface area contributed by atoms with Crippen LogP contribution in [0.2, 0.25) is 0 Å². The number of rotatable bonds is 3. The van der Waals surface area contributed by atoms with Crippen LogP contribution in [0.15, 0.2) is 4.52 Å². The number of nitrogens with one attached hydrogen (secondary N) is 1. The number of aryl methyl sites for hydroxylation is 2. The molecule has 0 spiro atoms. The Hall–Kier alpha value is -1.85. The Morgan fingerprint density at radius 2 is 2.05 bits per heavy atom. The van der Waals surface area contributed by atoms with Crippen molar-refractivity contribution in [3.63, 3.8) is 0 Å². The largest absolute Gasteiger partial charge is 0.361 e. The van der Waals surface area contributed by atoms with Gasteiger partial charge in [-0.3, -0.25) is 9.59 Å². The van der Waals surface area contributed by atoms with Gasteiger partial charge in [0.1, 0.15) is 17.8 Å². The van der Waals surface area contributed by atoms with Crippen molar-refractivity contribution in [1.29, 1.82) is 0 Å². The molecule has 2 heterocycles. The van der Waals surface area contributed by atoms with Gasteiger partial charge in [-0.2, -0.15) is 0 Å². The molecule has 1 N–H and O–H groups in total. The maximum Gasteiger partial charge on any atom is 0.246 e. The molecule has 1 aromatic heterocycles. The van der Waals surface area contributed by atoms with Crippen molar-refractivity contribution in [3.8, 4) is 0 Å². The summed E-state index contributed by atoms with van der Waals surface area (Å²) in [5, 5.41) is 6.75. The fourth-order valence-corrected chi connectivity index (χ4v) is 2.71. The fourth-order valence-electron chi connectivity index (χ4n) is 2.71. The number of piperazine rings is 1. The van der Waals surface area contributed by atoms with Crippen LogP contribution in [0, 0.1) is 19.8 Å².